The second-order valence-corrected chi connectivity index (χ2v) is 5.16. The maximum atomic E-state index is 3.21. The molecule has 2 heteroatoms. The Bertz CT molecular complexity index is 509. The van der Waals surface area contributed by atoms with Crippen molar-refractivity contribution >= 4 is 10.9 Å². The number of nitrogens with zero attached hydrogens (tertiary/aromatic N) is 1. The van der Waals surface area contributed by atoms with E-state index in [1.54, 1.807) is 0 Å². The van der Waals surface area contributed by atoms with E-state index < -0.39 is 0 Å². The molecule has 1 heterocycles. The van der Waals surface area contributed by atoms with Crippen molar-refractivity contribution in [2.45, 2.75) is 25.8 Å². The second kappa shape index (κ2) is 4.53. The molecule has 0 bridgehead atoms. The first-order valence-corrected chi connectivity index (χ1v) is 6.59. The van der Waals surface area contributed by atoms with Crippen molar-refractivity contribution in [1.29, 1.82) is 0 Å². The van der Waals surface area contributed by atoms with Crippen LogP contribution in [0, 0.1) is 5.92 Å². The van der Waals surface area contributed by atoms with Gasteiger partial charge < -0.3 is 9.88 Å². The minimum Gasteiger partial charge on any atom is -0.347 e. The fourth-order valence-electron chi connectivity index (χ4n) is 2.39. The first-order valence-electron chi connectivity index (χ1n) is 6.59. The van der Waals surface area contributed by atoms with Crippen molar-refractivity contribution in [3.05, 3.63) is 36.0 Å². The zero-order valence-electron chi connectivity index (χ0n) is 10.4. The van der Waals surface area contributed by atoms with Gasteiger partial charge in [-0.3, -0.25) is 0 Å². The number of hydrogen-bond donors (Lipinski definition) is 1. The van der Waals surface area contributed by atoms with Crippen LogP contribution in [-0.2, 0) is 13.0 Å². The standard InChI is InChI=1S/C15H20N2/c1-16-8-6-12-4-5-14-7-9-17(15(14)10-12)11-13-2-3-13/h4-5,7,9-10,13,16H,2-3,6,8,11H2,1H3. The summed E-state index contributed by atoms with van der Waals surface area (Å²) in [6.07, 6.45) is 6.18. The van der Waals surface area contributed by atoms with Crippen LogP contribution in [0.3, 0.4) is 0 Å². The summed E-state index contributed by atoms with van der Waals surface area (Å²) >= 11 is 0. The molecule has 0 spiro atoms. The molecule has 2 nitrogen and oxygen atoms in total. The summed E-state index contributed by atoms with van der Waals surface area (Å²) in [6.45, 7) is 2.26. The Kier molecular flexibility index (Phi) is 2.89. The number of benzene rings is 1. The van der Waals surface area contributed by atoms with Gasteiger partial charge in [0.15, 0.2) is 0 Å². The minimum absolute atomic E-state index is 0.937. The molecule has 1 N–H and O–H groups in total. The molecule has 17 heavy (non-hydrogen) atoms. The molecule has 1 aliphatic carbocycles. The molecule has 1 saturated carbocycles. The Morgan fingerprint density at radius 3 is 2.94 bits per heavy atom. The smallest absolute Gasteiger partial charge is 0.0483 e. The van der Waals surface area contributed by atoms with E-state index in [4.69, 9.17) is 0 Å². The van der Waals surface area contributed by atoms with Crippen LogP contribution in [0.1, 0.15) is 18.4 Å². The van der Waals surface area contributed by atoms with Crippen molar-refractivity contribution in [3.8, 4) is 0 Å². The molecule has 3 rings (SSSR count). The van der Waals surface area contributed by atoms with E-state index in [0.717, 1.165) is 18.9 Å². The fraction of sp³-hybridized carbons (Fsp3) is 0.467. The monoisotopic (exact) mass is 228 g/mol. The van der Waals surface area contributed by atoms with Gasteiger partial charge in [-0.2, -0.15) is 0 Å². The van der Waals surface area contributed by atoms with E-state index in [1.807, 2.05) is 7.05 Å². The molecule has 0 saturated heterocycles. The maximum absolute atomic E-state index is 3.21. The third kappa shape index (κ3) is 2.37. The summed E-state index contributed by atoms with van der Waals surface area (Å²) in [4.78, 5) is 0. The Labute approximate surface area is 103 Å². The van der Waals surface area contributed by atoms with Crippen LogP contribution in [0.5, 0.6) is 0 Å². The Morgan fingerprint density at radius 1 is 1.29 bits per heavy atom. The van der Waals surface area contributed by atoms with Gasteiger partial charge in [-0.25, -0.2) is 0 Å². The molecular weight excluding hydrogens is 208 g/mol. The second-order valence-electron chi connectivity index (χ2n) is 5.16. The summed E-state index contributed by atoms with van der Waals surface area (Å²) in [5, 5.41) is 4.58. The quantitative estimate of drug-likeness (QED) is 0.832. The molecule has 1 aliphatic rings. The molecule has 90 valence electrons. The van der Waals surface area contributed by atoms with Crippen LogP contribution in [0.4, 0.5) is 0 Å². The summed E-state index contributed by atoms with van der Waals surface area (Å²) in [5.74, 6) is 0.937. The van der Waals surface area contributed by atoms with E-state index in [2.05, 4.69) is 40.3 Å². The van der Waals surface area contributed by atoms with Crippen molar-refractivity contribution in [3.63, 3.8) is 0 Å². The molecule has 0 radical (unpaired) electrons. The van der Waals surface area contributed by atoms with Crippen LogP contribution in [0.2, 0.25) is 0 Å². The van der Waals surface area contributed by atoms with Crippen LogP contribution in [0.15, 0.2) is 30.5 Å². The number of hydrogen-bond acceptors (Lipinski definition) is 1. The zero-order valence-corrected chi connectivity index (χ0v) is 10.4. The molecule has 1 fully saturated rings. The fourth-order valence-corrected chi connectivity index (χ4v) is 2.39. The van der Waals surface area contributed by atoms with Gasteiger partial charge in [-0.1, -0.05) is 12.1 Å². The van der Waals surface area contributed by atoms with Gasteiger partial charge in [0.2, 0.25) is 0 Å². The van der Waals surface area contributed by atoms with Gasteiger partial charge in [0, 0.05) is 18.3 Å². The number of aromatic nitrogens is 1. The molecule has 0 amide bonds. The van der Waals surface area contributed by atoms with E-state index in [0.29, 0.717) is 0 Å². The topological polar surface area (TPSA) is 17.0 Å². The SMILES string of the molecule is CNCCc1ccc2ccn(CC3CC3)c2c1. The highest BCUT2D eigenvalue weighted by Crippen LogP contribution is 2.32. The van der Waals surface area contributed by atoms with Crippen LogP contribution < -0.4 is 5.32 Å². The highest BCUT2D eigenvalue weighted by Gasteiger charge is 2.21. The van der Waals surface area contributed by atoms with Crippen LogP contribution in [0.25, 0.3) is 10.9 Å². The Morgan fingerprint density at radius 2 is 2.18 bits per heavy atom. The van der Waals surface area contributed by atoms with Crippen molar-refractivity contribution in [2.24, 2.45) is 5.92 Å². The van der Waals surface area contributed by atoms with Gasteiger partial charge in [-0.05, 0) is 61.9 Å². The number of likely N-dealkylation sites (N-methyl/N-ethyl adjacent to an activating group) is 1. The van der Waals surface area contributed by atoms with E-state index in [9.17, 15) is 0 Å². The molecule has 0 atom stereocenters. The first-order chi connectivity index (χ1) is 8.36. The molecule has 0 unspecified atom stereocenters. The molecule has 2 aromatic rings. The number of rotatable bonds is 5. The van der Waals surface area contributed by atoms with Gasteiger partial charge in [-0.15, -0.1) is 0 Å². The molecular formula is C15H20N2. The zero-order chi connectivity index (χ0) is 11.7. The highest BCUT2D eigenvalue weighted by atomic mass is 15.0. The number of fused-ring (bicyclic) bond motifs is 1. The lowest BCUT2D eigenvalue weighted by molar-refractivity contribution is 0.647. The Hall–Kier alpha value is -1.28. The summed E-state index contributed by atoms with van der Waals surface area (Å²) in [5.41, 5.74) is 2.84. The van der Waals surface area contributed by atoms with E-state index >= 15 is 0 Å². The van der Waals surface area contributed by atoms with Crippen LogP contribution >= 0.6 is 0 Å². The lowest BCUT2D eigenvalue weighted by Crippen LogP contribution is -2.10. The highest BCUT2D eigenvalue weighted by molar-refractivity contribution is 5.80. The average molecular weight is 228 g/mol. The predicted molar refractivity (Wildman–Crippen MR) is 72.3 cm³/mol. The summed E-state index contributed by atoms with van der Waals surface area (Å²) in [7, 11) is 2.01. The predicted octanol–water partition coefficient (Wildman–Crippen LogP) is 2.81. The summed E-state index contributed by atoms with van der Waals surface area (Å²) in [6, 6.07) is 9.10. The van der Waals surface area contributed by atoms with Crippen molar-refractivity contribution < 1.29 is 0 Å². The summed E-state index contributed by atoms with van der Waals surface area (Å²) < 4.78 is 2.43. The molecule has 1 aromatic carbocycles. The van der Waals surface area contributed by atoms with Crippen LogP contribution in [-0.4, -0.2) is 18.2 Å². The first kappa shape index (κ1) is 10.8. The average Bonchev–Trinajstić information content (AvgIpc) is 3.08. The van der Waals surface area contributed by atoms with Gasteiger partial charge >= 0.3 is 0 Å². The van der Waals surface area contributed by atoms with Gasteiger partial charge in [0.05, 0.1) is 0 Å². The van der Waals surface area contributed by atoms with Gasteiger partial charge in [0.25, 0.3) is 0 Å². The maximum Gasteiger partial charge on any atom is 0.0483 e. The van der Waals surface area contributed by atoms with Crippen molar-refractivity contribution in [1.82, 2.24) is 9.88 Å². The molecule has 0 aliphatic heterocycles. The Balaban J connectivity index is 1.88. The molecule has 1 aromatic heterocycles. The van der Waals surface area contributed by atoms with Gasteiger partial charge in [0.1, 0.15) is 0 Å². The largest absolute Gasteiger partial charge is 0.347 e. The van der Waals surface area contributed by atoms with E-state index in [-0.39, 0.29) is 0 Å². The minimum atomic E-state index is 0.937. The van der Waals surface area contributed by atoms with Crippen molar-refractivity contribution in [2.75, 3.05) is 13.6 Å². The lowest BCUT2D eigenvalue weighted by Gasteiger charge is -2.06. The normalized spacial score (nSPS) is 15.6. The number of nitrogens with one attached hydrogen (secondary N) is 1. The third-order valence-corrected chi connectivity index (χ3v) is 3.65. The lowest BCUT2D eigenvalue weighted by atomic mass is 10.1. The third-order valence-electron chi connectivity index (χ3n) is 3.65. The van der Waals surface area contributed by atoms with E-state index in [1.165, 1.54) is 35.9 Å².